The fourth-order valence-corrected chi connectivity index (χ4v) is 1.77. The van der Waals surface area contributed by atoms with E-state index in [0.29, 0.717) is 12.2 Å². The summed E-state index contributed by atoms with van der Waals surface area (Å²) in [5.74, 6) is -0.126. The molecule has 0 bridgehead atoms. The van der Waals surface area contributed by atoms with Gasteiger partial charge in [0, 0.05) is 25.9 Å². The summed E-state index contributed by atoms with van der Waals surface area (Å²) in [5.41, 5.74) is 1.44. The van der Waals surface area contributed by atoms with Crippen molar-refractivity contribution in [3.8, 4) is 0 Å². The molecule has 2 heterocycles. The van der Waals surface area contributed by atoms with Crippen LogP contribution >= 0.6 is 0 Å². The Morgan fingerprint density at radius 3 is 3.12 bits per heavy atom. The summed E-state index contributed by atoms with van der Waals surface area (Å²) in [6, 6.07) is 1.78. The number of hydrogen-bond donors (Lipinski definition) is 1. The second kappa shape index (κ2) is 4.65. The first-order valence-corrected chi connectivity index (χ1v) is 5.57. The molecule has 5 heteroatoms. The third-order valence-corrected chi connectivity index (χ3v) is 2.86. The second-order valence-electron chi connectivity index (χ2n) is 4.14. The first-order valence-electron chi connectivity index (χ1n) is 5.57. The Kier molecular flexibility index (Phi) is 3.24. The summed E-state index contributed by atoms with van der Waals surface area (Å²) in [4.78, 5) is 11.7. The molecule has 0 unspecified atom stereocenters. The molecular formula is C11H17N3O2. The molecular weight excluding hydrogens is 206 g/mol. The van der Waals surface area contributed by atoms with Crippen molar-refractivity contribution in [1.29, 1.82) is 0 Å². The van der Waals surface area contributed by atoms with E-state index in [-0.39, 0.29) is 12.0 Å². The zero-order chi connectivity index (χ0) is 11.5. The lowest BCUT2D eigenvalue weighted by molar-refractivity contribution is 0.0853. The summed E-state index contributed by atoms with van der Waals surface area (Å²) >= 11 is 0. The Morgan fingerprint density at radius 2 is 2.56 bits per heavy atom. The second-order valence-corrected chi connectivity index (χ2v) is 4.14. The van der Waals surface area contributed by atoms with Crippen molar-refractivity contribution in [2.45, 2.75) is 25.9 Å². The number of hydrogen-bond acceptors (Lipinski definition) is 3. The van der Waals surface area contributed by atoms with E-state index in [9.17, 15) is 4.79 Å². The third kappa shape index (κ3) is 2.41. The Balaban J connectivity index is 1.87. The Morgan fingerprint density at radius 1 is 1.75 bits per heavy atom. The molecule has 1 aliphatic rings. The SMILES string of the molecule is Cc1cc(C(=O)NC[C@H]2CCCO2)nn1C. The summed E-state index contributed by atoms with van der Waals surface area (Å²) in [7, 11) is 1.83. The van der Waals surface area contributed by atoms with Gasteiger partial charge in [0.25, 0.3) is 5.91 Å². The number of aryl methyl sites for hydroxylation is 2. The number of rotatable bonds is 3. The summed E-state index contributed by atoms with van der Waals surface area (Å²) in [6.45, 7) is 3.31. The molecule has 16 heavy (non-hydrogen) atoms. The minimum absolute atomic E-state index is 0.126. The maximum absolute atomic E-state index is 11.7. The molecule has 1 saturated heterocycles. The monoisotopic (exact) mass is 223 g/mol. The van der Waals surface area contributed by atoms with Crippen LogP contribution in [0.1, 0.15) is 29.0 Å². The van der Waals surface area contributed by atoms with E-state index in [4.69, 9.17) is 4.74 Å². The molecule has 1 aromatic heterocycles. The largest absolute Gasteiger partial charge is 0.376 e. The molecule has 88 valence electrons. The maximum atomic E-state index is 11.7. The fraction of sp³-hybridized carbons (Fsp3) is 0.636. The van der Waals surface area contributed by atoms with E-state index in [0.717, 1.165) is 25.1 Å². The number of nitrogens with zero attached hydrogens (tertiary/aromatic N) is 2. The van der Waals surface area contributed by atoms with Gasteiger partial charge in [-0.3, -0.25) is 9.48 Å². The fourth-order valence-electron chi connectivity index (χ4n) is 1.77. The molecule has 0 aromatic carbocycles. The quantitative estimate of drug-likeness (QED) is 0.818. The molecule has 0 aliphatic carbocycles. The minimum Gasteiger partial charge on any atom is -0.376 e. The average molecular weight is 223 g/mol. The molecule has 2 rings (SSSR count). The zero-order valence-corrected chi connectivity index (χ0v) is 9.69. The summed E-state index contributed by atoms with van der Waals surface area (Å²) < 4.78 is 7.12. The lowest BCUT2D eigenvalue weighted by Crippen LogP contribution is -2.32. The molecule has 1 aliphatic heterocycles. The first-order chi connectivity index (χ1) is 7.66. The molecule has 5 nitrogen and oxygen atoms in total. The van der Waals surface area contributed by atoms with Crippen molar-refractivity contribution < 1.29 is 9.53 Å². The molecule has 0 radical (unpaired) electrons. The number of nitrogens with one attached hydrogen (secondary N) is 1. The first kappa shape index (κ1) is 11.1. The zero-order valence-electron chi connectivity index (χ0n) is 9.69. The van der Waals surface area contributed by atoms with E-state index >= 15 is 0 Å². The van der Waals surface area contributed by atoms with Gasteiger partial charge in [0.1, 0.15) is 5.69 Å². The van der Waals surface area contributed by atoms with Crippen LogP contribution in [0.3, 0.4) is 0 Å². The van der Waals surface area contributed by atoms with Gasteiger partial charge in [-0.25, -0.2) is 0 Å². The smallest absolute Gasteiger partial charge is 0.271 e. The highest BCUT2D eigenvalue weighted by atomic mass is 16.5. The maximum Gasteiger partial charge on any atom is 0.271 e. The number of ether oxygens (including phenoxy) is 1. The molecule has 1 atom stereocenters. The Labute approximate surface area is 94.8 Å². The van der Waals surface area contributed by atoms with Gasteiger partial charge in [-0.1, -0.05) is 0 Å². The summed E-state index contributed by atoms with van der Waals surface area (Å²) in [6.07, 6.45) is 2.29. The van der Waals surface area contributed by atoms with Crippen LogP contribution in [0.15, 0.2) is 6.07 Å². The van der Waals surface area contributed by atoms with Crippen LogP contribution in [0.5, 0.6) is 0 Å². The predicted octanol–water partition coefficient (Wildman–Crippen LogP) is 0.637. The Bertz CT molecular complexity index is 361. The number of carbonyl (C=O) groups is 1. The predicted molar refractivity (Wildman–Crippen MR) is 59.3 cm³/mol. The van der Waals surface area contributed by atoms with E-state index in [1.54, 1.807) is 10.7 Å². The van der Waals surface area contributed by atoms with Gasteiger partial charge in [0.15, 0.2) is 0 Å². The molecule has 1 fully saturated rings. The third-order valence-electron chi connectivity index (χ3n) is 2.86. The van der Waals surface area contributed by atoms with Gasteiger partial charge in [-0.05, 0) is 25.8 Å². The van der Waals surface area contributed by atoms with Gasteiger partial charge >= 0.3 is 0 Å². The molecule has 0 spiro atoms. The standard InChI is InChI=1S/C11H17N3O2/c1-8-6-10(13-14(8)2)11(15)12-7-9-4-3-5-16-9/h6,9H,3-5,7H2,1-2H3,(H,12,15)/t9-/m1/s1. The van der Waals surface area contributed by atoms with Crippen molar-refractivity contribution >= 4 is 5.91 Å². The van der Waals surface area contributed by atoms with Crippen molar-refractivity contribution in [2.75, 3.05) is 13.2 Å². The highest BCUT2D eigenvalue weighted by Gasteiger charge is 2.17. The van der Waals surface area contributed by atoms with Crippen molar-refractivity contribution in [1.82, 2.24) is 15.1 Å². The van der Waals surface area contributed by atoms with Gasteiger partial charge < -0.3 is 10.1 Å². The normalized spacial score (nSPS) is 20.0. The van der Waals surface area contributed by atoms with Crippen molar-refractivity contribution in [3.63, 3.8) is 0 Å². The van der Waals surface area contributed by atoms with E-state index in [1.807, 2.05) is 14.0 Å². The van der Waals surface area contributed by atoms with Crippen LogP contribution in [0, 0.1) is 6.92 Å². The molecule has 0 saturated carbocycles. The van der Waals surface area contributed by atoms with Gasteiger partial charge in [0.2, 0.25) is 0 Å². The highest BCUT2D eigenvalue weighted by molar-refractivity contribution is 5.92. The van der Waals surface area contributed by atoms with Crippen LogP contribution in [0.4, 0.5) is 0 Å². The lowest BCUT2D eigenvalue weighted by atomic mass is 10.2. The van der Waals surface area contributed by atoms with Crippen LogP contribution in [0.2, 0.25) is 0 Å². The topological polar surface area (TPSA) is 56.1 Å². The lowest BCUT2D eigenvalue weighted by Gasteiger charge is -2.09. The van der Waals surface area contributed by atoms with Crippen LogP contribution in [-0.4, -0.2) is 34.9 Å². The molecule has 1 aromatic rings. The number of amides is 1. The minimum atomic E-state index is -0.126. The van der Waals surface area contributed by atoms with Gasteiger partial charge in [-0.2, -0.15) is 5.10 Å². The Hall–Kier alpha value is -1.36. The van der Waals surface area contributed by atoms with Crippen LogP contribution in [-0.2, 0) is 11.8 Å². The van der Waals surface area contributed by atoms with Gasteiger partial charge in [0.05, 0.1) is 6.10 Å². The van der Waals surface area contributed by atoms with E-state index in [2.05, 4.69) is 10.4 Å². The van der Waals surface area contributed by atoms with E-state index in [1.165, 1.54) is 0 Å². The highest BCUT2D eigenvalue weighted by Crippen LogP contribution is 2.10. The van der Waals surface area contributed by atoms with Crippen LogP contribution in [0.25, 0.3) is 0 Å². The molecule has 1 amide bonds. The van der Waals surface area contributed by atoms with Crippen molar-refractivity contribution in [3.05, 3.63) is 17.5 Å². The number of aromatic nitrogens is 2. The average Bonchev–Trinajstić information content (AvgIpc) is 2.86. The van der Waals surface area contributed by atoms with E-state index < -0.39 is 0 Å². The summed E-state index contributed by atoms with van der Waals surface area (Å²) in [5, 5.41) is 6.96. The number of carbonyl (C=O) groups excluding carboxylic acids is 1. The molecule has 1 N–H and O–H groups in total. The van der Waals surface area contributed by atoms with Gasteiger partial charge in [-0.15, -0.1) is 0 Å². The van der Waals surface area contributed by atoms with Crippen LogP contribution < -0.4 is 5.32 Å². The van der Waals surface area contributed by atoms with Crippen molar-refractivity contribution in [2.24, 2.45) is 7.05 Å².